The molecule has 0 spiro atoms. The number of nitrogens with zero attached hydrogens (tertiary/aromatic N) is 1. The van der Waals surface area contributed by atoms with Gasteiger partial charge in [-0.25, -0.2) is 0 Å². The van der Waals surface area contributed by atoms with E-state index < -0.39 is 12.4 Å². The summed E-state index contributed by atoms with van der Waals surface area (Å²) in [6.45, 7) is -4.34. The molecular weight excluding hydrogens is 190 g/mol. The van der Waals surface area contributed by atoms with Crippen LogP contribution in [-0.4, -0.2) is 26.0 Å². The van der Waals surface area contributed by atoms with Gasteiger partial charge < -0.3 is 17.8 Å². The van der Waals surface area contributed by atoms with Crippen molar-refractivity contribution in [2.45, 2.75) is 6.54 Å². The average Bonchev–Trinajstić information content (AvgIpc) is 2.01. The second kappa shape index (κ2) is 4.04. The van der Waals surface area contributed by atoms with Gasteiger partial charge in [0.1, 0.15) is 0 Å². The van der Waals surface area contributed by atoms with Crippen LogP contribution in [0.3, 0.4) is 0 Å². The first-order chi connectivity index (χ1) is 6.39. The molecule has 0 amide bonds. The fraction of sp³-hybridized carbons (Fsp3) is 0.333. The molecule has 0 aliphatic carbocycles. The molecule has 0 N–H and O–H groups in total. The molecule has 78 valence electrons. The van der Waals surface area contributed by atoms with Crippen LogP contribution < -0.4 is 5.46 Å². The Balaban J connectivity index is 2.90. The standard InChI is InChI=1S/C9H12BF3N/c1-14(2)7-8-4-3-5-9(6-8)10(11,12)13/h3-6H,7H2,1-2H3/q-1. The minimum atomic E-state index is -4.87. The number of halogens is 3. The van der Waals surface area contributed by atoms with Crippen LogP contribution in [0.15, 0.2) is 24.3 Å². The van der Waals surface area contributed by atoms with E-state index in [-0.39, 0.29) is 0 Å². The lowest BCUT2D eigenvalue weighted by Crippen LogP contribution is -2.34. The predicted octanol–water partition coefficient (Wildman–Crippen LogP) is 1.80. The summed E-state index contributed by atoms with van der Waals surface area (Å²) in [5, 5.41) is 0. The van der Waals surface area contributed by atoms with Crippen molar-refractivity contribution >= 4 is 12.4 Å². The third-order valence-electron chi connectivity index (χ3n) is 1.83. The second-order valence-corrected chi connectivity index (χ2v) is 3.56. The van der Waals surface area contributed by atoms with E-state index in [0.29, 0.717) is 12.1 Å². The number of hydrogen-bond donors (Lipinski definition) is 0. The van der Waals surface area contributed by atoms with Crippen molar-refractivity contribution in [1.29, 1.82) is 0 Å². The molecule has 0 aromatic heterocycles. The number of rotatable bonds is 3. The molecule has 1 aromatic carbocycles. The van der Waals surface area contributed by atoms with E-state index in [0.717, 1.165) is 6.07 Å². The van der Waals surface area contributed by atoms with Crippen LogP contribution in [0.4, 0.5) is 12.9 Å². The number of benzene rings is 1. The van der Waals surface area contributed by atoms with Gasteiger partial charge in [0.2, 0.25) is 0 Å². The zero-order valence-electron chi connectivity index (χ0n) is 8.17. The van der Waals surface area contributed by atoms with Crippen molar-refractivity contribution in [1.82, 2.24) is 4.90 Å². The van der Waals surface area contributed by atoms with Gasteiger partial charge in [-0.2, -0.15) is 0 Å². The number of hydrogen-bond acceptors (Lipinski definition) is 1. The molecule has 14 heavy (non-hydrogen) atoms. The Morgan fingerprint density at radius 1 is 1.21 bits per heavy atom. The van der Waals surface area contributed by atoms with Crippen LogP contribution >= 0.6 is 0 Å². The molecule has 0 aliphatic rings. The molecule has 0 bridgehead atoms. The summed E-state index contributed by atoms with van der Waals surface area (Å²) in [7, 11) is 3.65. The normalized spacial score (nSPS) is 12.1. The van der Waals surface area contributed by atoms with Gasteiger partial charge in [0.15, 0.2) is 0 Å². The van der Waals surface area contributed by atoms with Crippen molar-refractivity contribution in [3.05, 3.63) is 29.8 Å². The molecule has 5 heteroatoms. The average molecular weight is 202 g/mol. The van der Waals surface area contributed by atoms with Gasteiger partial charge in [-0.05, 0) is 19.7 Å². The van der Waals surface area contributed by atoms with E-state index in [1.807, 2.05) is 19.0 Å². The van der Waals surface area contributed by atoms with E-state index >= 15 is 0 Å². The molecule has 0 unspecified atom stereocenters. The van der Waals surface area contributed by atoms with E-state index in [4.69, 9.17) is 0 Å². The van der Waals surface area contributed by atoms with Gasteiger partial charge in [-0.15, -0.1) is 5.46 Å². The summed E-state index contributed by atoms with van der Waals surface area (Å²) < 4.78 is 37.1. The minimum absolute atomic E-state index is 0.524. The third-order valence-corrected chi connectivity index (χ3v) is 1.83. The first-order valence-corrected chi connectivity index (χ1v) is 4.33. The first-order valence-electron chi connectivity index (χ1n) is 4.33. The Kier molecular flexibility index (Phi) is 3.21. The summed E-state index contributed by atoms with van der Waals surface area (Å²) >= 11 is 0. The highest BCUT2D eigenvalue weighted by Crippen LogP contribution is 2.10. The van der Waals surface area contributed by atoms with Crippen LogP contribution in [0.1, 0.15) is 5.56 Å². The molecule has 0 saturated carbocycles. The Morgan fingerprint density at radius 3 is 2.36 bits per heavy atom. The lowest BCUT2D eigenvalue weighted by Gasteiger charge is -2.17. The molecule has 0 heterocycles. The van der Waals surface area contributed by atoms with Gasteiger partial charge in [-0.3, -0.25) is 0 Å². The topological polar surface area (TPSA) is 3.24 Å². The third kappa shape index (κ3) is 3.07. The Morgan fingerprint density at radius 2 is 1.86 bits per heavy atom. The van der Waals surface area contributed by atoms with Gasteiger partial charge >= 0.3 is 6.98 Å². The summed E-state index contributed by atoms with van der Waals surface area (Å²) in [6.07, 6.45) is 0. The summed E-state index contributed by atoms with van der Waals surface area (Å²) in [4.78, 5) is 1.84. The summed E-state index contributed by atoms with van der Waals surface area (Å²) in [5.41, 5.74) is 0.163. The maximum absolute atomic E-state index is 12.4. The summed E-state index contributed by atoms with van der Waals surface area (Å²) in [5.74, 6) is 0. The van der Waals surface area contributed by atoms with Crippen LogP contribution in [0, 0.1) is 0 Å². The molecule has 1 aromatic rings. The molecule has 1 nitrogen and oxygen atoms in total. The first kappa shape index (κ1) is 11.1. The van der Waals surface area contributed by atoms with Gasteiger partial charge in [0.25, 0.3) is 0 Å². The molecule has 0 aliphatic heterocycles. The highest BCUT2D eigenvalue weighted by Gasteiger charge is 2.25. The zero-order chi connectivity index (χ0) is 10.8. The van der Waals surface area contributed by atoms with Crippen molar-refractivity contribution < 1.29 is 12.9 Å². The van der Waals surface area contributed by atoms with Gasteiger partial charge in [0.05, 0.1) is 0 Å². The molecule has 0 atom stereocenters. The SMILES string of the molecule is CN(C)Cc1cccc([B-](F)(F)F)c1. The van der Waals surface area contributed by atoms with E-state index in [2.05, 4.69) is 0 Å². The predicted molar refractivity (Wildman–Crippen MR) is 52.5 cm³/mol. The molecule has 1 rings (SSSR count). The second-order valence-electron chi connectivity index (χ2n) is 3.56. The van der Waals surface area contributed by atoms with Crippen molar-refractivity contribution in [3.8, 4) is 0 Å². The quantitative estimate of drug-likeness (QED) is 0.675. The largest absolute Gasteiger partial charge is 0.509 e. The minimum Gasteiger partial charge on any atom is -0.445 e. The zero-order valence-corrected chi connectivity index (χ0v) is 8.17. The smallest absolute Gasteiger partial charge is 0.445 e. The van der Waals surface area contributed by atoms with E-state index in [1.54, 1.807) is 6.07 Å². The molecule has 0 saturated heterocycles. The fourth-order valence-corrected chi connectivity index (χ4v) is 1.26. The molecular formula is C9H12BF3N-. The van der Waals surface area contributed by atoms with Gasteiger partial charge in [0, 0.05) is 6.54 Å². The van der Waals surface area contributed by atoms with Crippen LogP contribution in [0.5, 0.6) is 0 Å². The lowest BCUT2D eigenvalue weighted by molar-refractivity contribution is 0.402. The highest BCUT2D eigenvalue weighted by molar-refractivity contribution is 6.73. The Hall–Kier alpha value is -0.965. The molecule has 0 radical (unpaired) electrons. The monoisotopic (exact) mass is 202 g/mol. The molecule has 0 fully saturated rings. The lowest BCUT2D eigenvalue weighted by atomic mass is 9.79. The highest BCUT2D eigenvalue weighted by atomic mass is 19.4. The van der Waals surface area contributed by atoms with E-state index in [1.165, 1.54) is 12.1 Å². The summed E-state index contributed by atoms with van der Waals surface area (Å²) in [6, 6.07) is 5.47. The maximum atomic E-state index is 12.4. The Bertz CT molecular complexity index is 309. The van der Waals surface area contributed by atoms with E-state index in [9.17, 15) is 12.9 Å². The van der Waals surface area contributed by atoms with Gasteiger partial charge in [-0.1, -0.05) is 24.3 Å². The maximum Gasteiger partial charge on any atom is 0.509 e. The van der Waals surface area contributed by atoms with Crippen molar-refractivity contribution in [3.63, 3.8) is 0 Å². The van der Waals surface area contributed by atoms with Crippen LogP contribution in [0.25, 0.3) is 0 Å². The Labute approximate surface area is 81.6 Å². The van der Waals surface area contributed by atoms with Crippen molar-refractivity contribution in [2.24, 2.45) is 0 Å². The van der Waals surface area contributed by atoms with Crippen molar-refractivity contribution in [2.75, 3.05) is 14.1 Å². The van der Waals surface area contributed by atoms with Crippen LogP contribution in [0.2, 0.25) is 0 Å². The fourth-order valence-electron chi connectivity index (χ4n) is 1.26. The van der Waals surface area contributed by atoms with Crippen LogP contribution in [-0.2, 0) is 6.54 Å².